The first-order valence-corrected chi connectivity index (χ1v) is 8.06. The second-order valence-corrected chi connectivity index (χ2v) is 7.07. The van der Waals surface area contributed by atoms with E-state index in [-0.39, 0.29) is 18.8 Å². The second-order valence-electron chi connectivity index (χ2n) is 4.45. The predicted molar refractivity (Wildman–Crippen MR) is 73.9 cm³/mol. The lowest BCUT2D eigenvalue weighted by Crippen LogP contribution is -2.10. The molecule has 0 fully saturated rings. The van der Waals surface area contributed by atoms with Crippen molar-refractivity contribution < 1.29 is 22.3 Å². The first kappa shape index (κ1) is 17.2. The summed E-state index contributed by atoms with van der Waals surface area (Å²) in [5, 5.41) is 13.4. The van der Waals surface area contributed by atoms with Crippen molar-refractivity contribution in [3.63, 3.8) is 0 Å². The molecule has 0 saturated carbocycles. The summed E-state index contributed by atoms with van der Waals surface area (Å²) in [6, 6.07) is 2.23. The van der Waals surface area contributed by atoms with Crippen LogP contribution >= 0.6 is 0 Å². The Morgan fingerprint density at radius 3 is 2.48 bits per heavy atom. The molecule has 0 spiro atoms. The van der Waals surface area contributed by atoms with Crippen molar-refractivity contribution in [2.24, 2.45) is 4.36 Å². The minimum absolute atomic E-state index is 0.0399. The van der Waals surface area contributed by atoms with Crippen molar-refractivity contribution >= 4 is 21.1 Å². The SMILES string of the molecule is CS(C)(=O)=NCCNc1ccc(C(F)(F)F)cc1[N+](=O)[O-]. The summed E-state index contributed by atoms with van der Waals surface area (Å²) >= 11 is 0. The van der Waals surface area contributed by atoms with E-state index in [4.69, 9.17) is 0 Å². The number of rotatable bonds is 5. The van der Waals surface area contributed by atoms with E-state index in [1.54, 1.807) is 0 Å². The Hall–Kier alpha value is -1.84. The van der Waals surface area contributed by atoms with Gasteiger partial charge < -0.3 is 5.32 Å². The molecule has 10 heteroatoms. The molecular weight excluding hydrogens is 311 g/mol. The normalized spacial score (nSPS) is 12.0. The van der Waals surface area contributed by atoms with E-state index >= 15 is 0 Å². The third-order valence-corrected chi connectivity index (χ3v) is 3.16. The lowest BCUT2D eigenvalue weighted by molar-refractivity contribution is -0.384. The summed E-state index contributed by atoms with van der Waals surface area (Å²) < 4.78 is 52.7. The molecule has 0 aliphatic carbocycles. The van der Waals surface area contributed by atoms with E-state index in [2.05, 4.69) is 9.68 Å². The number of hydrogen-bond acceptors (Lipinski definition) is 5. The maximum absolute atomic E-state index is 12.5. The van der Waals surface area contributed by atoms with Crippen LogP contribution in [0.15, 0.2) is 22.6 Å². The van der Waals surface area contributed by atoms with Crippen LogP contribution in [0.1, 0.15) is 5.56 Å². The molecule has 21 heavy (non-hydrogen) atoms. The highest BCUT2D eigenvalue weighted by Crippen LogP contribution is 2.34. The van der Waals surface area contributed by atoms with Crippen molar-refractivity contribution in [3.05, 3.63) is 33.9 Å². The molecule has 1 aromatic rings. The van der Waals surface area contributed by atoms with Crippen LogP contribution in [0.3, 0.4) is 0 Å². The summed E-state index contributed by atoms with van der Waals surface area (Å²) in [4.78, 5) is 9.93. The number of nitrogens with zero attached hydrogens (tertiary/aromatic N) is 2. The molecule has 0 heterocycles. The van der Waals surface area contributed by atoms with Crippen LogP contribution in [-0.2, 0) is 15.9 Å². The van der Waals surface area contributed by atoms with Gasteiger partial charge in [0.15, 0.2) is 0 Å². The molecule has 0 aliphatic heterocycles. The molecule has 6 nitrogen and oxygen atoms in total. The Bertz CT molecular complexity index is 644. The molecular formula is C11H14F3N3O3S. The molecule has 0 saturated heterocycles. The average Bonchev–Trinajstić information content (AvgIpc) is 2.32. The van der Waals surface area contributed by atoms with Gasteiger partial charge in [0.25, 0.3) is 5.69 Å². The Balaban J connectivity index is 2.93. The van der Waals surface area contributed by atoms with Crippen LogP contribution in [0, 0.1) is 10.1 Å². The molecule has 0 aliphatic rings. The third kappa shape index (κ3) is 5.58. The molecule has 0 atom stereocenters. The van der Waals surface area contributed by atoms with Gasteiger partial charge in [0.1, 0.15) is 5.69 Å². The minimum Gasteiger partial charge on any atom is -0.378 e. The highest BCUT2D eigenvalue weighted by Gasteiger charge is 2.32. The van der Waals surface area contributed by atoms with E-state index in [9.17, 15) is 27.5 Å². The molecule has 0 unspecified atom stereocenters. The first-order valence-electron chi connectivity index (χ1n) is 5.73. The van der Waals surface area contributed by atoms with Gasteiger partial charge in [-0.3, -0.25) is 14.3 Å². The summed E-state index contributed by atoms with van der Waals surface area (Å²) in [6.45, 7) is 0.259. The van der Waals surface area contributed by atoms with Crippen molar-refractivity contribution in [1.82, 2.24) is 0 Å². The number of benzene rings is 1. The zero-order valence-electron chi connectivity index (χ0n) is 11.3. The third-order valence-electron chi connectivity index (χ3n) is 2.35. The van der Waals surface area contributed by atoms with Gasteiger partial charge in [-0.1, -0.05) is 0 Å². The van der Waals surface area contributed by atoms with Crippen molar-refractivity contribution in [2.45, 2.75) is 6.18 Å². The Morgan fingerprint density at radius 1 is 1.38 bits per heavy atom. The van der Waals surface area contributed by atoms with Gasteiger partial charge >= 0.3 is 6.18 Å². The Labute approximate surface area is 119 Å². The number of halogens is 3. The van der Waals surface area contributed by atoms with Crippen molar-refractivity contribution in [3.8, 4) is 0 Å². The van der Waals surface area contributed by atoms with Crippen LogP contribution in [0.25, 0.3) is 0 Å². The maximum Gasteiger partial charge on any atom is 0.416 e. The molecule has 1 N–H and O–H groups in total. The molecule has 0 radical (unpaired) electrons. The van der Waals surface area contributed by atoms with E-state index in [1.807, 2.05) is 0 Å². The molecule has 0 amide bonds. The predicted octanol–water partition coefficient (Wildman–Crippen LogP) is 2.75. The smallest absolute Gasteiger partial charge is 0.378 e. The van der Waals surface area contributed by atoms with Gasteiger partial charge in [0.2, 0.25) is 0 Å². The Morgan fingerprint density at radius 2 is 2.00 bits per heavy atom. The van der Waals surface area contributed by atoms with Gasteiger partial charge in [-0.25, -0.2) is 4.36 Å². The monoisotopic (exact) mass is 325 g/mol. The zero-order chi connectivity index (χ0) is 16.3. The number of alkyl halides is 3. The summed E-state index contributed by atoms with van der Waals surface area (Å²) in [5.41, 5.74) is -1.80. The standard InChI is InChI=1S/C11H14F3N3O3S/c1-21(2,20)16-6-5-15-9-4-3-8(11(12,13)14)7-10(9)17(18)19/h3-4,7,15H,5-6H2,1-2H3. The first-order chi connectivity index (χ1) is 9.50. The number of anilines is 1. The number of hydrogen-bond donors (Lipinski definition) is 1. The van der Waals surface area contributed by atoms with Crippen LogP contribution in [0.4, 0.5) is 24.5 Å². The quantitative estimate of drug-likeness (QED) is 0.512. The number of nitro groups is 1. The van der Waals surface area contributed by atoms with Crippen molar-refractivity contribution in [1.29, 1.82) is 0 Å². The molecule has 118 valence electrons. The van der Waals surface area contributed by atoms with Crippen LogP contribution in [-0.4, -0.2) is 34.7 Å². The molecule has 1 rings (SSSR count). The minimum atomic E-state index is -4.64. The van der Waals surface area contributed by atoms with E-state index in [0.29, 0.717) is 6.07 Å². The highest BCUT2D eigenvalue weighted by molar-refractivity contribution is 7.92. The van der Waals surface area contributed by atoms with Gasteiger partial charge in [-0.05, 0) is 12.1 Å². The number of nitro benzene ring substituents is 1. The van der Waals surface area contributed by atoms with Gasteiger partial charge in [-0.15, -0.1) is 0 Å². The van der Waals surface area contributed by atoms with Gasteiger partial charge in [-0.2, -0.15) is 13.2 Å². The fourth-order valence-electron chi connectivity index (χ4n) is 1.46. The summed E-state index contributed by atoms with van der Waals surface area (Å²) in [5.74, 6) is 0. The fourth-order valence-corrected chi connectivity index (χ4v) is 2.00. The number of nitrogens with one attached hydrogen (secondary N) is 1. The van der Waals surface area contributed by atoms with Crippen LogP contribution < -0.4 is 5.32 Å². The van der Waals surface area contributed by atoms with Gasteiger partial charge in [0.05, 0.1) is 17.0 Å². The summed E-state index contributed by atoms with van der Waals surface area (Å²) in [6.07, 6.45) is -1.77. The largest absolute Gasteiger partial charge is 0.416 e. The highest BCUT2D eigenvalue weighted by atomic mass is 32.2. The summed E-state index contributed by atoms with van der Waals surface area (Å²) in [7, 11) is -2.28. The van der Waals surface area contributed by atoms with Crippen molar-refractivity contribution in [2.75, 3.05) is 30.9 Å². The van der Waals surface area contributed by atoms with E-state index in [0.717, 1.165) is 12.1 Å². The van der Waals surface area contributed by atoms with Gasteiger partial charge in [0, 0.05) is 34.9 Å². The van der Waals surface area contributed by atoms with Crippen LogP contribution in [0.2, 0.25) is 0 Å². The topological polar surface area (TPSA) is 84.6 Å². The average molecular weight is 325 g/mol. The second kappa shape index (κ2) is 6.29. The lowest BCUT2D eigenvalue weighted by atomic mass is 10.1. The molecule has 1 aromatic carbocycles. The Kier molecular flexibility index (Phi) is 5.15. The van der Waals surface area contributed by atoms with E-state index < -0.39 is 32.1 Å². The molecule has 0 aromatic heterocycles. The molecule has 0 bridgehead atoms. The maximum atomic E-state index is 12.5. The van der Waals surface area contributed by atoms with Crippen LogP contribution in [0.5, 0.6) is 0 Å². The zero-order valence-corrected chi connectivity index (χ0v) is 12.1. The lowest BCUT2D eigenvalue weighted by Gasteiger charge is -2.10. The van der Waals surface area contributed by atoms with E-state index in [1.165, 1.54) is 12.5 Å². The fraction of sp³-hybridized carbons (Fsp3) is 0.455.